The maximum absolute atomic E-state index is 12.9. The monoisotopic (exact) mass is 400 g/mol. The van der Waals surface area contributed by atoms with Crippen LogP contribution in [0.2, 0.25) is 0 Å². The Balaban J connectivity index is 2.25. The number of ether oxygens (including phenoxy) is 1. The molecule has 1 saturated heterocycles. The Morgan fingerprint density at radius 3 is 2.58 bits per heavy atom. The predicted octanol–water partition coefficient (Wildman–Crippen LogP) is 1.59. The highest BCUT2D eigenvalue weighted by atomic mass is 32.2. The fourth-order valence-corrected chi connectivity index (χ4v) is 5.94. The smallest absolute Gasteiger partial charge is 0.338 e. The minimum absolute atomic E-state index is 0.209. The quantitative estimate of drug-likeness (QED) is 0.755. The predicted molar refractivity (Wildman–Crippen MR) is 101 cm³/mol. The van der Waals surface area contributed by atoms with Crippen LogP contribution in [-0.4, -0.2) is 54.9 Å². The molecule has 0 radical (unpaired) electrons. The van der Waals surface area contributed by atoms with E-state index in [1.54, 1.807) is 18.2 Å². The van der Waals surface area contributed by atoms with Gasteiger partial charge in [0.1, 0.15) is 6.04 Å². The van der Waals surface area contributed by atoms with Gasteiger partial charge in [0.25, 0.3) is 0 Å². The first-order valence-electron chi connectivity index (χ1n) is 8.10. The molecule has 1 amide bonds. The van der Waals surface area contributed by atoms with Crippen LogP contribution >= 0.6 is 11.8 Å². The number of nitrogens with zero attached hydrogens (tertiary/aromatic N) is 1. The molecule has 9 heteroatoms. The van der Waals surface area contributed by atoms with E-state index in [0.717, 1.165) is 0 Å². The molecule has 7 nitrogen and oxygen atoms in total. The second kappa shape index (κ2) is 7.98. The number of hydrogen-bond acceptors (Lipinski definition) is 6. The molecule has 1 aliphatic rings. The Morgan fingerprint density at radius 2 is 1.96 bits per heavy atom. The number of hydrogen-bond donors (Lipinski definition) is 1. The van der Waals surface area contributed by atoms with Gasteiger partial charge in [-0.2, -0.15) is 4.31 Å². The van der Waals surface area contributed by atoms with Gasteiger partial charge in [0, 0.05) is 11.3 Å². The van der Waals surface area contributed by atoms with E-state index in [4.69, 9.17) is 4.74 Å². The van der Waals surface area contributed by atoms with Crippen LogP contribution in [0.5, 0.6) is 0 Å². The minimum Gasteiger partial charge on any atom is -0.465 e. The molecular formula is C17H24N2O5S2. The van der Waals surface area contributed by atoms with Crippen molar-refractivity contribution in [1.29, 1.82) is 0 Å². The van der Waals surface area contributed by atoms with Crippen molar-refractivity contribution in [2.45, 2.75) is 38.1 Å². The van der Waals surface area contributed by atoms with Crippen molar-refractivity contribution >= 4 is 33.7 Å². The Labute approximate surface area is 158 Å². The fourth-order valence-electron chi connectivity index (χ4n) is 2.60. The Bertz CT molecular complexity index is 787. The lowest BCUT2D eigenvalue weighted by atomic mass is 10.1. The summed E-state index contributed by atoms with van der Waals surface area (Å²) in [6, 6.07) is 5.67. The van der Waals surface area contributed by atoms with Crippen molar-refractivity contribution in [3.8, 4) is 0 Å². The molecule has 1 atom stereocenters. The van der Waals surface area contributed by atoms with Gasteiger partial charge in [0.05, 0.1) is 24.3 Å². The van der Waals surface area contributed by atoms with Crippen LogP contribution in [0.4, 0.5) is 0 Å². The third-order valence-electron chi connectivity index (χ3n) is 3.76. The van der Waals surface area contributed by atoms with E-state index in [0.29, 0.717) is 11.3 Å². The summed E-state index contributed by atoms with van der Waals surface area (Å²) in [5.41, 5.74) is 0.115. The normalized spacial score (nSPS) is 18.5. The SMILES string of the molecule is COC(=O)c1ccccc1CS(=O)(=O)N1CSC[C@@H]1C(=O)NC(C)(C)C. The lowest BCUT2D eigenvalue weighted by molar-refractivity contribution is -0.125. The molecule has 1 aromatic rings. The summed E-state index contributed by atoms with van der Waals surface area (Å²) in [6.45, 7) is 5.54. The van der Waals surface area contributed by atoms with Crippen LogP contribution in [0.1, 0.15) is 36.7 Å². The van der Waals surface area contributed by atoms with E-state index in [1.807, 2.05) is 20.8 Å². The molecule has 0 spiro atoms. The first-order valence-corrected chi connectivity index (χ1v) is 10.9. The first-order chi connectivity index (χ1) is 12.0. The fraction of sp³-hybridized carbons (Fsp3) is 0.529. The highest BCUT2D eigenvalue weighted by Crippen LogP contribution is 2.27. The van der Waals surface area contributed by atoms with Crippen LogP contribution in [0.25, 0.3) is 0 Å². The zero-order valence-electron chi connectivity index (χ0n) is 15.3. The average molecular weight is 401 g/mol. The van der Waals surface area contributed by atoms with Gasteiger partial charge in [0.2, 0.25) is 15.9 Å². The van der Waals surface area contributed by atoms with Crippen molar-refractivity contribution in [2.24, 2.45) is 0 Å². The number of amides is 1. The number of thioether (sulfide) groups is 1. The Kier molecular flexibility index (Phi) is 6.36. The van der Waals surface area contributed by atoms with Crippen LogP contribution in [0.15, 0.2) is 24.3 Å². The zero-order chi connectivity index (χ0) is 19.5. The summed E-state index contributed by atoms with van der Waals surface area (Å²) in [7, 11) is -2.54. The summed E-state index contributed by atoms with van der Waals surface area (Å²) < 4.78 is 31.8. The van der Waals surface area contributed by atoms with Gasteiger partial charge in [0.15, 0.2) is 0 Å². The molecule has 1 fully saturated rings. The second-order valence-corrected chi connectivity index (χ2v) is 9.97. The van der Waals surface area contributed by atoms with Gasteiger partial charge in [-0.3, -0.25) is 4.79 Å². The van der Waals surface area contributed by atoms with E-state index >= 15 is 0 Å². The van der Waals surface area contributed by atoms with E-state index in [-0.39, 0.29) is 23.1 Å². The highest BCUT2D eigenvalue weighted by molar-refractivity contribution is 8.00. The maximum Gasteiger partial charge on any atom is 0.338 e. The van der Waals surface area contributed by atoms with Crippen LogP contribution in [0, 0.1) is 0 Å². The van der Waals surface area contributed by atoms with E-state index in [2.05, 4.69) is 5.32 Å². The third-order valence-corrected chi connectivity index (χ3v) is 6.71. The van der Waals surface area contributed by atoms with Crippen molar-refractivity contribution < 1.29 is 22.7 Å². The summed E-state index contributed by atoms with van der Waals surface area (Å²) in [6.07, 6.45) is 0. The summed E-state index contributed by atoms with van der Waals surface area (Å²) in [4.78, 5) is 24.4. The van der Waals surface area contributed by atoms with Gasteiger partial charge in [-0.25, -0.2) is 13.2 Å². The molecule has 1 N–H and O–H groups in total. The summed E-state index contributed by atoms with van der Waals surface area (Å²) in [5.74, 6) is -0.649. The molecule has 1 aromatic carbocycles. The Morgan fingerprint density at radius 1 is 1.31 bits per heavy atom. The number of benzene rings is 1. The largest absolute Gasteiger partial charge is 0.465 e. The molecule has 0 aliphatic carbocycles. The molecule has 0 unspecified atom stereocenters. The molecule has 144 valence electrons. The topological polar surface area (TPSA) is 92.8 Å². The third kappa shape index (κ3) is 4.99. The van der Waals surface area contributed by atoms with Crippen molar-refractivity contribution in [1.82, 2.24) is 9.62 Å². The molecule has 1 aliphatic heterocycles. The molecule has 0 saturated carbocycles. The van der Waals surface area contributed by atoms with Crippen LogP contribution in [0.3, 0.4) is 0 Å². The van der Waals surface area contributed by atoms with E-state index < -0.39 is 27.6 Å². The van der Waals surface area contributed by atoms with Gasteiger partial charge >= 0.3 is 5.97 Å². The number of sulfonamides is 1. The van der Waals surface area contributed by atoms with Gasteiger partial charge in [-0.05, 0) is 32.4 Å². The number of methoxy groups -OCH3 is 1. The van der Waals surface area contributed by atoms with Crippen LogP contribution < -0.4 is 5.32 Å². The zero-order valence-corrected chi connectivity index (χ0v) is 16.9. The molecule has 2 rings (SSSR count). The number of esters is 1. The molecule has 26 heavy (non-hydrogen) atoms. The minimum atomic E-state index is -3.78. The molecule has 0 aromatic heterocycles. The van der Waals surface area contributed by atoms with Gasteiger partial charge < -0.3 is 10.1 Å². The molecular weight excluding hydrogens is 376 g/mol. The van der Waals surface area contributed by atoms with Crippen LogP contribution in [-0.2, 0) is 25.3 Å². The van der Waals surface area contributed by atoms with Crippen molar-refractivity contribution in [3.63, 3.8) is 0 Å². The standard InChI is InChI=1S/C17H24N2O5S2/c1-17(2,3)18-15(20)14-9-25-11-19(14)26(22,23)10-12-7-5-6-8-13(12)16(21)24-4/h5-8,14H,9-11H2,1-4H3,(H,18,20)/t14-/m1/s1. The number of rotatable bonds is 5. The van der Waals surface area contributed by atoms with Gasteiger partial charge in [-0.15, -0.1) is 11.8 Å². The number of nitrogens with one attached hydrogen (secondary N) is 1. The van der Waals surface area contributed by atoms with E-state index in [1.165, 1.54) is 29.2 Å². The summed E-state index contributed by atoms with van der Waals surface area (Å²) in [5, 5.41) is 2.83. The second-order valence-electron chi connectivity index (χ2n) is 7.05. The number of carbonyl (C=O) groups is 2. The van der Waals surface area contributed by atoms with Crippen molar-refractivity contribution in [3.05, 3.63) is 35.4 Å². The highest BCUT2D eigenvalue weighted by Gasteiger charge is 2.40. The van der Waals surface area contributed by atoms with Gasteiger partial charge in [-0.1, -0.05) is 18.2 Å². The molecule has 1 heterocycles. The number of carbonyl (C=O) groups excluding carboxylic acids is 2. The molecule has 0 bridgehead atoms. The first kappa shape index (κ1) is 20.7. The lowest BCUT2D eigenvalue weighted by Gasteiger charge is -2.27. The maximum atomic E-state index is 12.9. The Hall–Kier alpha value is -1.58. The summed E-state index contributed by atoms with van der Waals surface area (Å²) >= 11 is 1.39. The van der Waals surface area contributed by atoms with Crippen molar-refractivity contribution in [2.75, 3.05) is 18.7 Å². The average Bonchev–Trinajstić information content (AvgIpc) is 3.03. The van der Waals surface area contributed by atoms with E-state index in [9.17, 15) is 18.0 Å². The lowest BCUT2D eigenvalue weighted by Crippen LogP contribution is -2.52.